The summed E-state index contributed by atoms with van der Waals surface area (Å²) >= 11 is 0. The number of hydrogen-bond donors (Lipinski definition) is 3. The van der Waals surface area contributed by atoms with Crippen LogP contribution in [-0.2, 0) is 4.57 Å². The Morgan fingerprint density at radius 1 is 0.941 bits per heavy atom. The highest BCUT2D eigenvalue weighted by Gasteiger charge is 2.09. The van der Waals surface area contributed by atoms with Crippen LogP contribution >= 0.6 is 8.03 Å². The van der Waals surface area contributed by atoms with Crippen LogP contribution in [0.15, 0.2) is 42.5 Å². The minimum absolute atomic E-state index is 0.375. The molecule has 2 aromatic rings. The summed E-state index contributed by atoms with van der Waals surface area (Å²) in [6.07, 6.45) is 0. The summed E-state index contributed by atoms with van der Waals surface area (Å²) in [5, 5.41) is 0.375. The van der Waals surface area contributed by atoms with Gasteiger partial charge in [0.05, 0.1) is 0 Å². The Hall–Kier alpha value is -1.77. The van der Waals surface area contributed by atoms with Crippen LogP contribution in [0.3, 0.4) is 0 Å². The lowest BCUT2D eigenvalue weighted by Gasteiger charge is -2.08. The van der Waals surface area contributed by atoms with Crippen LogP contribution in [0, 0.1) is 0 Å². The minimum atomic E-state index is -2.78. The Labute approximate surface area is 99.8 Å². The van der Waals surface area contributed by atoms with Gasteiger partial charge in [-0.3, -0.25) is 4.57 Å². The SMILES string of the molecule is Nc1ccc(-c2ccc(N)cc2[PH](=O)O)cc1. The number of rotatable bonds is 2. The van der Waals surface area contributed by atoms with Crippen molar-refractivity contribution in [3.05, 3.63) is 42.5 Å². The fourth-order valence-electron chi connectivity index (χ4n) is 1.65. The van der Waals surface area contributed by atoms with Gasteiger partial charge in [-0.2, -0.15) is 0 Å². The van der Waals surface area contributed by atoms with Crippen molar-refractivity contribution in [2.75, 3.05) is 11.5 Å². The Morgan fingerprint density at radius 2 is 1.53 bits per heavy atom. The van der Waals surface area contributed by atoms with Gasteiger partial charge in [0.2, 0.25) is 8.03 Å². The van der Waals surface area contributed by atoms with E-state index in [-0.39, 0.29) is 0 Å². The lowest BCUT2D eigenvalue weighted by atomic mass is 10.1. The lowest BCUT2D eigenvalue weighted by molar-refractivity contribution is 0.513. The minimum Gasteiger partial charge on any atom is -0.399 e. The van der Waals surface area contributed by atoms with Crippen LogP contribution in [0.25, 0.3) is 11.1 Å². The quantitative estimate of drug-likeness (QED) is 0.556. The van der Waals surface area contributed by atoms with Gasteiger partial charge < -0.3 is 16.4 Å². The van der Waals surface area contributed by atoms with E-state index in [1.54, 1.807) is 24.3 Å². The van der Waals surface area contributed by atoms with Crippen molar-refractivity contribution < 1.29 is 9.46 Å². The van der Waals surface area contributed by atoms with Crippen LogP contribution in [0.2, 0.25) is 0 Å². The molecule has 1 unspecified atom stereocenters. The number of nitrogens with two attached hydrogens (primary N) is 2. The summed E-state index contributed by atoms with van der Waals surface area (Å²) in [5.41, 5.74) is 13.9. The average Bonchev–Trinajstić information content (AvgIpc) is 2.30. The third-order valence-corrected chi connectivity index (χ3v) is 3.37. The Balaban J connectivity index is 2.58. The van der Waals surface area contributed by atoms with Crippen molar-refractivity contribution in [1.82, 2.24) is 0 Å². The highest BCUT2D eigenvalue weighted by molar-refractivity contribution is 7.47. The maximum absolute atomic E-state index is 11.3. The standard InChI is InChI=1S/C12H13N2O2P/c13-9-3-1-8(2-4-9)11-6-5-10(14)7-12(11)17(15)16/h1-7,17H,13-14H2,(H,15,16). The molecule has 5 N–H and O–H groups in total. The first-order valence-corrected chi connectivity index (χ1v) is 6.42. The van der Waals surface area contributed by atoms with Gasteiger partial charge in [-0.15, -0.1) is 0 Å². The van der Waals surface area contributed by atoms with Gasteiger partial charge in [0.1, 0.15) is 0 Å². The van der Waals surface area contributed by atoms with E-state index in [9.17, 15) is 9.46 Å². The van der Waals surface area contributed by atoms with Crippen LogP contribution in [0.5, 0.6) is 0 Å². The molecule has 1 atom stereocenters. The summed E-state index contributed by atoms with van der Waals surface area (Å²) < 4.78 is 11.3. The molecule has 2 aromatic carbocycles. The van der Waals surface area contributed by atoms with Crippen molar-refractivity contribution in [2.24, 2.45) is 0 Å². The molecule has 0 aliphatic carbocycles. The second-order valence-corrected chi connectivity index (χ2v) is 4.88. The number of hydrogen-bond acceptors (Lipinski definition) is 3. The van der Waals surface area contributed by atoms with E-state index in [0.717, 1.165) is 5.56 Å². The zero-order valence-electron chi connectivity index (χ0n) is 9.05. The Bertz CT molecular complexity index is 567. The van der Waals surface area contributed by atoms with Gasteiger partial charge in [-0.25, -0.2) is 0 Å². The fraction of sp³-hybridized carbons (Fsp3) is 0. The topological polar surface area (TPSA) is 89.3 Å². The largest absolute Gasteiger partial charge is 0.399 e. The summed E-state index contributed by atoms with van der Waals surface area (Å²) in [7, 11) is -2.78. The van der Waals surface area contributed by atoms with Crippen LogP contribution in [0.4, 0.5) is 11.4 Å². The van der Waals surface area contributed by atoms with Crippen molar-refractivity contribution in [1.29, 1.82) is 0 Å². The predicted octanol–water partition coefficient (Wildman–Crippen LogP) is 1.61. The molecule has 0 aliphatic rings. The summed E-state index contributed by atoms with van der Waals surface area (Å²) in [6, 6.07) is 12.1. The molecule has 0 saturated heterocycles. The first-order chi connectivity index (χ1) is 8.08. The van der Waals surface area contributed by atoms with E-state index < -0.39 is 8.03 Å². The molecule has 0 aliphatic heterocycles. The molecule has 0 radical (unpaired) electrons. The lowest BCUT2D eigenvalue weighted by Crippen LogP contribution is -2.03. The first kappa shape index (κ1) is 11.7. The second-order valence-electron chi connectivity index (χ2n) is 3.73. The second kappa shape index (κ2) is 4.62. The van der Waals surface area contributed by atoms with Crippen molar-refractivity contribution in [3.63, 3.8) is 0 Å². The molecule has 5 heteroatoms. The van der Waals surface area contributed by atoms with Gasteiger partial charge >= 0.3 is 0 Å². The molecule has 88 valence electrons. The maximum Gasteiger partial charge on any atom is 0.218 e. The van der Waals surface area contributed by atoms with E-state index in [2.05, 4.69) is 0 Å². The molecule has 0 aromatic heterocycles. The Kier molecular flexibility index (Phi) is 3.18. The van der Waals surface area contributed by atoms with Gasteiger partial charge in [0.25, 0.3) is 0 Å². The zero-order chi connectivity index (χ0) is 12.4. The summed E-state index contributed by atoms with van der Waals surface area (Å²) in [4.78, 5) is 9.31. The highest BCUT2D eigenvalue weighted by atomic mass is 31.1. The molecule has 0 spiro atoms. The third-order valence-electron chi connectivity index (χ3n) is 2.50. The molecule has 0 bridgehead atoms. The molecule has 0 heterocycles. The average molecular weight is 248 g/mol. The first-order valence-electron chi connectivity index (χ1n) is 5.06. The van der Waals surface area contributed by atoms with E-state index in [1.807, 2.05) is 12.1 Å². The summed E-state index contributed by atoms with van der Waals surface area (Å²) in [6.45, 7) is 0. The molecule has 2 rings (SSSR count). The van der Waals surface area contributed by atoms with Gasteiger partial charge in [0.15, 0.2) is 0 Å². The Morgan fingerprint density at radius 3 is 2.12 bits per heavy atom. The molecular formula is C12H13N2O2P. The fourth-order valence-corrected chi connectivity index (χ4v) is 2.40. The normalized spacial score (nSPS) is 12.3. The van der Waals surface area contributed by atoms with Gasteiger partial charge in [0, 0.05) is 16.7 Å². The maximum atomic E-state index is 11.3. The third kappa shape index (κ3) is 2.49. The predicted molar refractivity (Wildman–Crippen MR) is 71.6 cm³/mol. The van der Waals surface area contributed by atoms with Crippen molar-refractivity contribution >= 4 is 24.7 Å². The number of benzene rings is 2. The monoisotopic (exact) mass is 248 g/mol. The van der Waals surface area contributed by atoms with E-state index >= 15 is 0 Å². The van der Waals surface area contributed by atoms with Gasteiger partial charge in [-0.05, 0) is 35.4 Å². The van der Waals surface area contributed by atoms with Gasteiger partial charge in [-0.1, -0.05) is 18.2 Å². The van der Waals surface area contributed by atoms with Crippen molar-refractivity contribution in [3.8, 4) is 11.1 Å². The number of nitrogen functional groups attached to an aromatic ring is 2. The van der Waals surface area contributed by atoms with E-state index in [0.29, 0.717) is 22.2 Å². The molecule has 0 fully saturated rings. The highest BCUT2D eigenvalue weighted by Crippen LogP contribution is 2.27. The van der Waals surface area contributed by atoms with E-state index in [1.165, 1.54) is 6.07 Å². The molecule has 0 saturated carbocycles. The summed E-state index contributed by atoms with van der Waals surface area (Å²) in [5.74, 6) is 0. The molecular weight excluding hydrogens is 235 g/mol. The van der Waals surface area contributed by atoms with Crippen molar-refractivity contribution in [2.45, 2.75) is 0 Å². The van der Waals surface area contributed by atoms with Crippen LogP contribution in [0.1, 0.15) is 0 Å². The molecule has 17 heavy (non-hydrogen) atoms. The zero-order valence-corrected chi connectivity index (χ0v) is 10.1. The van der Waals surface area contributed by atoms with Crippen LogP contribution < -0.4 is 16.8 Å². The van der Waals surface area contributed by atoms with E-state index in [4.69, 9.17) is 11.5 Å². The molecule has 0 amide bonds. The van der Waals surface area contributed by atoms with Crippen LogP contribution in [-0.4, -0.2) is 4.89 Å². The smallest absolute Gasteiger partial charge is 0.218 e. The number of anilines is 2. The molecule has 4 nitrogen and oxygen atoms in total.